The Balaban J connectivity index is 2.38. The monoisotopic (exact) mass is 355 g/mol. The van der Waals surface area contributed by atoms with Gasteiger partial charge in [-0.15, -0.1) is 11.8 Å². The SMILES string of the molecule is CSc1ccccc1NC(=O)c1cc(S(C)(=O)=O)ccc1Cl. The number of hydrogen-bond acceptors (Lipinski definition) is 4. The number of benzene rings is 2. The zero-order valence-corrected chi connectivity index (χ0v) is 14.3. The number of thioether (sulfide) groups is 1. The molecule has 0 aromatic heterocycles. The molecule has 0 bridgehead atoms. The Bertz CT molecular complexity index is 819. The van der Waals surface area contributed by atoms with E-state index in [-0.39, 0.29) is 15.5 Å². The van der Waals surface area contributed by atoms with E-state index in [1.807, 2.05) is 24.5 Å². The summed E-state index contributed by atoms with van der Waals surface area (Å²) in [6, 6.07) is 11.4. The van der Waals surface area contributed by atoms with Gasteiger partial charge >= 0.3 is 0 Å². The molecule has 2 aromatic carbocycles. The molecule has 22 heavy (non-hydrogen) atoms. The third-order valence-electron chi connectivity index (χ3n) is 2.97. The van der Waals surface area contributed by atoms with Crippen LogP contribution in [0.15, 0.2) is 52.3 Å². The van der Waals surface area contributed by atoms with E-state index in [0.29, 0.717) is 5.69 Å². The molecule has 0 aliphatic carbocycles. The maximum absolute atomic E-state index is 12.4. The van der Waals surface area contributed by atoms with Gasteiger partial charge in [0.05, 0.1) is 21.2 Å². The molecule has 0 spiro atoms. The number of para-hydroxylation sites is 1. The fourth-order valence-corrected chi connectivity index (χ4v) is 3.25. The number of anilines is 1. The smallest absolute Gasteiger partial charge is 0.257 e. The number of rotatable bonds is 4. The van der Waals surface area contributed by atoms with E-state index in [0.717, 1.165) is 11.2 Å². The summed E-state index contributed by atoms with van der Waals surface area (Å²) in [5.41, 5.74) is 0.779. The van der Waals surface area contributed by atoms with Crippen LogP contribution in [0.4, 0.5) is 5.69 Å². The second-order valence-corrected chi connectivity index (χ2v) is 7.84. The number of hydrogen-bond donors (Lipinski definition) is 1. The van der Waals surface area contributed by atoms with Gasteiger partial charge in [-0.05, 0) is 36.6 Å². The fourth-order valence-electron chi connectivity index (χ4n) is 1.85. The first-order chi connectivity index (χ1) is 10.3. The van der Waals surface area contributed by atoms with E-state index >= 15 is 0 Å². The van der Waals surface area contributed by atoms with Crippen molar-refractivity contribution in [1.29, 1.82) is 0 Å². The van der Waals surface area contributed by atoms with Crippen LogP contribution in [0.3, 0.4) is 0 Å². The number of nitrogens with one attached hydrogen (secondary N) is 1. The predicted molar refractivity (Wildman–Crippen MR) is 90.7 cm³/mol. The molecule has 1 N–H and O–H groups in total. The van der Waals surface area contributed by atoms with Crippen molar-refractivity contribution in [2.75, 3.05) is 17.8 Å². The minimum Gasteiger partial charge on any atom is -0.321 e. The lowest BCUT2D eigenvalue weighted by Gasteiger charge is -2.11. The van der Waals surface area contributed by atoms with Gasteiger partial charge in [0.2, 0.25) is 0 Å². The average molecular weight is 356 g/mol. The van der Waals surface area contributed by atoms with Crippen LogP contribution < -0.4 is 5.32 Å². The van der Waals surface area contributed by atoms with Crippen molar-refractivity contribution in [3.63, 3.8) is 0 Å². The summed E-state index contributed by atoms with van der Waals surface area (Å²) in [4.78, 5) is 13.3. The van der Waals surface area contributed by atoms with Crippen LogP contribution in [0.1, 0.15) is 10.4 Å². The van der Waals surface area contributed by atoms with Crippen molar-refractivity contribution < 1.29 is 13.2 Å². The van der Waals surface area contributed by atoms with Gasteiger partial charge < -0.3 is 5.32 Å². The molecule has 0 saturated heterocycles. The van der Waals surface area contributed by atoms with Gasteiger partial charge in [0.1, 0.15) is 0 Å². The van der Waals surface area contributed by atoms with Crippen LogP contribution in [0.5, 0.6) is 0 Å². The van der Waals surface area contributed by atoms with Crippen molar-refractivity contribution >= 4 is 44.8 Å². The lowest BCUT2D eigenvalue weighted by Crippen LogP contribution is -2.14. The van der Waals surface area contributed by atoms with E-state index in [1.54, 1.807) is 6.07 Å². The molecule has 0 aliphatic rings. The minimum atomic E-state index is -3.40. The molecule has 116 valence electrons. The largest absolute Gasteiger partial charge is 0.321 e. The van der Waals surface area contributed by atoms with Crippen molar-refractivity contribution in [2.24, 2.45) is 0 Å². The molecule has 0 unspecified atom stereocenters. The first-order valence-electron chi connectivity index (χ1n) is 6.27. The van der Waals surface area contributed by atoms with Crippen molar-refractivity contribution in [2.45, 2.75) is 9.79 Å². The second-order valence-electron chi connectivity index (χ2n) is 4.57. The van der Waals surface area contributed by atoms with Crippen LogP contribution in [0.2, 0.25) is 5.02 Å². The van der Waals surface area contributed by atoms with E-state index in [2.05, 4.69) is 5.32 Å². The average Bonchev–Trinajstić information content (AvgIpc) is 2.47. The number of amides is 1. The van der Waals surface area contributed by atoms with Gasteiger partial charge in [-0.3, -0.25) is 4.79 Å². The quantitative estimate of drug-likeness (QED) is 0.849. The Morgan fingerprint density at radius 2 is 1.86 bits per heavy atom. The molecular formula is C15H14ClNO3S2. The summed E-state index contributed by atoms with van der Waals surface area (Å²) >= 11 is 7.52. The number of carbonyl (C=O) groups excluding carboxylic acids is 1. The normalized spacial score (nSPS) is 11.2. The van der Waals surface area contributed by atoms with Gasteiger partial charge in [-0.1, -0.05) is 23.7 Å². The zero-order chi connectivity index (χ0) is 16.3. The van der Waals surface area contributed by atoms with Gasteiger partial charge in [-0.25, -0.2) is 8.42 Å². The van der Waals surface area contributed by atoms with E-state index in [9.17, 15) is 13.2 Å². The topological polar surface area (TPSA) is 63.2 Å². The molecule has 2 rings (SSSR count). The minimum absolute atomic E-state index is 0.0557. The van der Waals surface area contributed by atoms with E-state index < -0.39 is 15.7 Å². The first-order valence-corrected chi connectivity index (χ1v) is 9.76. The van der Waals surface area contributed by atoms with Crippen LogP contribution >= 0.6 is 23.4 Å². The lowest BCUT2D eigenvalue weighted by molar-refractivity contribution is 0.102. The Kier molecular flexibility index (Phi) is 5.16. The number of halogens is 1. The van der Waals surface area contributed by atoms with E-state index in [1.165, 1.54) is 30.0 Å². The molecule has 0 radical (unpaired) electrons. The molecule has 0 fully saturated rings. The first kappa shape index (κ1) is 16.9. The van der Waals surface area contributed by atoms with Crippen LogP contribution in [0.25, 0.3) is 0 Å². The zero-order valence-electron chi connectivity index (χ0n) is 12.0. The third-order valence-corrected chi connectivity index (χ3v) is 5.20. The maximum Gasteiger partial charge on any atom is 0.257 e. The molecule has 7 heteroatoms. The van der Waals surface area contributed by atoms with Crippen LogP contribution in [-0.2, 0) is 9.84 Å². The predicted octanol–water partition coefficient (Wildman–Crippen LogP) is 3.72. The van der Waals surface area contributed by atoms with Crippen molar-refractivity contribution in [3.8, 4) is 0 Å². The Morgan fingerprint density at radius 1 is 1.18 bits per heavy atom. The summed E-state index contributed by atoms with van der Waals surface area (Å²) in [7, 11) is -3.40. The molecule has 0 heterocycles. The Labute approximate surface area is 138 Å². The summed E-state index contributed by atoms with van der Waals surface area (Å²) in [5.74, 6) is -0.447. The van der Waals surface area contributed by atoms with Gasteiger partial charge in [0.15, 0.2) is 9.84 Å². The summed E-state index contributed by atoms with van der Waals surface area (Å²) < 4.78 is 23.2. The molecule has 1 amide bonds. The van der Waals surface area contributed by atoms with E-state index in [4.69, 9.17) is 11.6 Å². The van der Waals surface area contributed by atoms with Gasteiger partial charge in [-0.2, -0.15) is 0 Å². The summed E-state index contributed by atoms with van der Waals surface area (Å²) in [6.45, 7) is 0. The fraction of sp³-hybridized carbons (Fsp3) is 0.133. The molecule has 2 aromatic rings. The highest BCUT2D eigenvalue weighted by Crippen LogP contribution is 2.27. The highest BCUT2D eigenvalue weighted by Gasteiger charge is 2.16. The molecular weight excluding hydrogens is 342 g/mol. The maximum atomic E-state index is 12.4. The summed E-state index contributed by atoms with van der Waals surface area (Å²) in [6.07, 6.45) is 2.99. The molecule has 0 saturated carbocycles. The Morgan fingerprint density at radius 3 is 2.50 bits per heavy atom. The Hall–Kier alpha value is -1.50. The van der Waals surface area contributed by atoms with Crippen molar-refractivity contribution in [1.82, 2.24) is 0 Å². The second kappa shape index (κ2) is 6.73. The van der Waals surface area contributed by atoms with Crippen molar-refractivity contribution in [3.05, 3.63) is 53.1 Å². The number of carbonyl (C=O) groups is 1. The van der Waals surface area contributed by atoms with Gasteiger partial charge in [0, 0.05) is 11.2 Å². The molecule has 0 atom stereocenters. The van der Waals surface area contributed by atoms with Crippen LogP contribution in [-0.4, -0.2) is 26.8 Å². The molecule has 4 nitrogen and oxygen atoms in total. The molecule has 0 aliphatic heterocycles. The van der Waals surface area contributed by atoms with Crippen LogP contribution in [0, 0.1) is 0 Å². The number of sulfone groups is 1. The van der Waals surface area contributed by atoms with Gasteiger partial charge in [0.25, 0.3) is 5.91 Å². The standard InChI is InChI=1S/C15H14ClNO3S2/c1-21-14-6-4-3-5-13(14)17-15(18)11-9-10(22(2,19)20)7-8-12(11)16/h3-9H,1-2H3,(H,17,18). The summed E-state index contributed by atoms with van der Waals surface area (Å²) in [5, 5.41) is 2.96. The highest BCUT2D eigenvalue weighted by atomic mass is 35.5. The third kappa shape index (κ3) is 3.82. The highest BCUT2D eigenvalue weighted by molar-refractivity contribution is 7.98. The lowest BCUT2D eigenvalue weighted by atomic mass is 10.2.